The highest BCUT2D eigenvalue weighted by atomic mass is 35.5. The zero-order chi connectivity index (χ0) is 23.5. The minimum atomic E-state index is -0.489. The molecule has 0 saturated carbocycles. The van der Waals surface area contributed by atoms with Gasteiger partial charge in [-0.05, 0) is 60.7 Å². The molecule has 2 amide bonds. The van der Waals surface area contributed by atoms with E-state index in [-0.39, 0.29) is 10.6 Å². The monoisotopic (exact) mass is 500 g/mol. The first-order valence-electron chi connectivity index (χ1n) is 9.72. The van der Waals surface area contributed by atoms with Crippen LogP contribution in [0.15, 0.2) is 82.2 Å². The Hall–Kier alpha value is -3.13. The molecule has 3 aromatic rings. The molecule has 0 aromatic heterocycles. The number of imide groups is 1. The van der Waals surface area contributed by atoms with Gasteiger partial charge in [-0.25, -0.2) is 4.90 Å². The van der Waals surface area contributed by atoms with Crippen molar-refractivity contribution >= 4 is 58.2 Å². The third kappa shape index (κ3) is 4.80. The number of hydrogen-bond donors (Lipinski definition) is 1. The smallest absolute Gasteiger partial charge is 0.283 e. The van der Waals surface area contributed by atoms with Gasteiger partial charge in [-0.15, -0.1) is 0 Å². The third-order valence-electron chi connectivity index (χ3n) is 4.83. The Morgan fingerprint density at radius 3 is 2.06 bits per heavy atom. The molecule has 0 aliphatic carbocycles. The molecule has 3 aromatic carbocycles. The summed E-state index contributed by atoms with van der Waals surface area (Å²) in [6, 6.07) is 18.7. The molecule has 1 heterocycles. The molecule has 168 valence electrons. The number of methoxy groups -OCH3 is 2. The molecule has 6 nitrogen and oxygen atoms in total. The molecule has 1 aliphatic heterocycles. The Labute approximate surface area is 205 Å². The van der Waals surface area contributed by atoms with E-state index in [1.54, 1.807) is 73.8 Å². The van der Waals surface area contributed by atoms with Crippen LogP contribution >= 0.6 is 35.0 Å². The van der Waals surface area contributed by atoms with Gasteiger partial charge in [0.15, 0.2) is 0 Å². The number of hydrogen-bond acceptors (Lipinski definition) is 6. The van der Waals surface area contributed by atoms with E-state index in [1.807, 2.05) is 0 Å². The summed E-state index contributed by atoms with van der Waals surface area (Å²) in [5.74, 6) is 0.121. The maximum Gasteiger partial charge on any atom is 0.283 e. The molecular weight excluding hydrogens is 483 g/mol. The molecule has 0 radical (unpaired) electrons. The Morgan fingerprint density at radius 2 is 1.45 bits per heavy atom. The molecule has 33 heavy (non-hydrogen) atoms. The molecule has 1 N–H and O–H groups in total. The van der Waals surface area contributed by atoms with Crippen molar-refractivity contribution in [3.05, 3.63) is 87.4 Å². The number of anilines is 2. The average Bonchev–Trinajstić information content (AvgIpc) is 3.05. The van der Waals surface area contributed by atoms with Gasteiger partial charge in [0.05, 0.1) is 25.6 Å². The van der Waals surface area contributed by atoms with Crippen molar-refractivity contribution < 1.29 is 19.1 Å². The van der Waals surface area contributed by atoms with Crippen LogP contribution in [0.1, 0.15) is 0 Å². The molecule has 4 rings (SSSR count). The number of benzene rings is 3. The van der Waals surface area contributed by atoms with Crippen LogP contribution in [0.2, 0.25) is 10.0 Å². The highest BCUT2D eigenvalue weighted by Crippen LogP contribution is 2.40. The van der Waals surface area contributed by atoms with Crippen LogP contribution in [-0.2, 0) is 9.59 Å². The normalized spacial score (nSPS) is 13.5. The van der Waals surface area contributed by atoms with E-state index in [9.17, 15) is 9.59 Å². The maximum absolute atomic E-state index is 13.4. The predicted molar refractivity (Wildman–Crippen MR) is 131 cm³/mol. The Kier molecular flexibility index (Phi) is 6.83. The Morgan fingerprint density at radius 1 is 0.818 bits per heavy atom. The molecule has 9 heteroatoms. The number of nitrogens with one attached hydrogen (secondary N) is 1. The fourth-order valence-electron chi connectivity index (χ4n) is 3.20. The van der Waals surface area contributed by atoms with E-state index < -0.39 is 11.8 Å². The van der Waals surface area contributed by atoms with E-state index in [4.69, 9.17) is 32.7 Å². The summed E-state index contributed by atoms with van der Waals surface area (Å²) in [5.41, 5.74) is 1.07. The number of nitrogens with zero attached hydrogens (tertiary/aromatic N) is 1. The van der Waals surface area contributed by atoms with E-state index in [1.165, 1.54) is 18.9 Å². The number of carbonyl (C=O) groups is 2. The summed E-state index contributed by atoms with van der Waals surface area (Å²) >= 11 is 13.2. The standard InChI is InChI=1S/C24H18Cl2N2O4S/c1-31-17-9-12-19(20(13-17)32-2)27-21-22(33-18-10-5-15(26)6-11-18)24(30)28(23(21)29)16-7-3-14(25)4-8-16/h3-13,27H,1-2H3. The summed E-state index contributed by atoms with van der Waals surface area (Å²) < 4.78 is 10.7. The van der Waals surface area contributed by atoms with Crippen molar-refractivity contribution in [3.8, 4) is 11.5 Å². The number of amides is 2. The largest absolute Gasteiger partial charge is 0.497 e. The molecule has 0 atom stereocenters. The fourth-order valence-corrected chi connectivity index (χ4v) is 4.38. The second kappa shape index (κ2) is 9.79. The number of carbonyl (C=O) groups excluding carboxylic acids is 2. The van der Waals surface area contributed by atoms with Crippen LogP contribution in [0, 0.1) is 0 Å². The molecule has 0 unspecified atom stereocenters. The second-order valence-corrected chi connectivity index (χ2v) is 8.83. The number of rotatable bonds is 7. The van der Waals surface area contributed by atoms with Gasteiger partial charge >= 0.3 is 0 Å². The van der Waals surface area contributed by atoms with Crippen molar-refractivity contribution in [1.82, 2.24) is 0 Å². The topological polar surface area (TPSA) is 67.9 Å². The van der Waals surface area contributed by atoms with E-state index in [2.05, 4.69) is 5.32 Å². The lowest BCUT2D eigenvalue weighted by atomic mass is 10.2. The molecule has 0 saturated heterocycles. The van der Waals surface area contributed by atoms with Gasteiger partial charge < -0.3 is 14.8 Å². The summed E-state index contributed by atoms with van der Waals surface area (Å²) in [4.78, 5) is 29.0. The van der Waals surface area contributed by atoms with Crippen LogP contribution in [0.25, 0.3) is 0 Å². The fraction of sp³-hybridized carbons (Fsp3) is 0.0833. The average molecular weight is 501 g/mol. The van der Waals surface area contributed by atoms with E-state index in [0.717, 1.165) is 9.80 Å². The van der Waals surface area contributed by atoms with Gasteiger partial charge in [0.25, 0.3) is 11.8 Å². The second-order valence-electron chi connectivity index (χ2n) is 6.87. The van der Waals surface area contributed by atoms with Crippen LogP contribution in [0.5, 0.6) is 11.5 Å². The van der Waals surface area contributed by atoms with Gasteiger partial charge in [0, 0.05) is 21.0 Å². The molecule has 1 aliphatic rings. The summed E-state index contributed by atoms with van der Waals surface area (Å²) in [6.45, 7) is 0. The van der Waals surface area contributed by atoms with Gasteiger partial charge in [-0.2, -0.15) is 0 Å². The number of halogens is 2. The minimum Gasteiger partial charge on any atom is -0.497 e. The van der Waals surface area contributed by atoms with Gasteiger partial charge in [0.2, 0.25) is 0 Å². The third-order valence-corrected chi connectivity index (χ3v) is 6.42. The Bertz CT molecular complexity index is 1240. The maximum atomic E-state index is 13.4. The minimum absolute atomic E-state index is 0.137. The van der Waals surface area contributed by atoms with Crippen molar-refractivity contribution in [2.75, 3.05) is 24.4 Å². The van der Waals surface area contributed by atoms with E-state index >= 15 is 0 Å². The molecule has 0 bridgehead atoms. The van der Waals surface area contributed by atoms with Crippen molar-refractivity contribution in [2.24, 2.45) is 0 Å². The highest BCUT2D eigenvalue weighted by molar-refractivity contribution is 8.04. The highest BCUT2D eigenvalue weighted by Gasteiger charge is 2.40. The van der Waals surface area contributed by atoms with Gasteiger partial charge in [0.1, 0.15) is 22.1 Å². The predicted octanol–water partition coefficient (Wildman–Crippen LogP) is 6.00. The lowest BCUT2D eigenvalue weighted by molar-refractivity contribution is -0.120. The van der Waals surface area contributed by atoms with Crippen molar-refractivity contribution in [1.29, 1.82) is 0 Å². The van der Waals surface area contributed by atoms with Crippen LogP contribution < -0.4 is 19.7 Å². The summed E-state index contributed by atoms with van der Waals surface area (Å²) in [7, 11) is 3.06. The number of thioether (sulfide) groups is 1. The van der Waals surface area contributed by atoms with Crippen molar-refractivity contribution in [2.45, 2.75) is 4.90 Å². The van der Waals surface area contributed by atoms with Crippen LogP contribution in [0.3, 0.4) is 0 Å². The van der Waals surface area contributed by atoms with Crippen LogP contribution in [-0.4, -0.2) is 26.0 Å². The van der Waals surface area contributed by atoms with E-state index in [0.29, 0.717) is 32.9 Å². The first kappa shape index (κ1) is 23.0. The molecule has 0 fully saturated rings. The first-order valence-corrected chi connectivity index (χ1v) is 11.3. The molecule has 0 spiro atoms. The Balaban J connectivity index is 1.76. The SMILES string of the molecule is COc1ccc(NC2=C(Sc3ccc(Cl)cc3)C(=O)N(c3ccc(Cl)cc3)C2=O)c(OC)c1. The molecular formula is C24H18Cl2N2O4S. The van der Waals surface area contributed by atoms with Gasteiger partial charge in [-0.3, -0.25) is 9.59 Å². The zero-order valence-corrected chi connectivity index (χ0v) is 19.9. The van der Waals surface area contributed by atoms with Gasteiger partial charge in [-0.1, -0.05) is 35.0 Å². The first-order chi connectivity index (χ1) is 15.9. The summed E-state index contributed by atoms with van der Waals surface area (Å²) in [6.07, 6.45) is 0. The lowest BCUT2D eigenvalue weighted by Gasteiger charge is -2.16. The van der Waals surface area contributed by atoms with Crippen LogP contribution in [0.4, 0.5) is 11.4 Å². The van der Waals surface area contributed by atoms with Crippen molar-refractivity contribution in [3.63, 3.8) is 0 Å². The number of ether oxygens (including phenoxy) is 2. The zero-order valence-electron chi connectivity index (χ0n) is 17.6. The lowest BCUT2D eigenvalue weighted by Crippen LogP contribution is -2.32. The summed E-state index contributed by atoms with van der Waals surface area (Å²) in [5, 5.41) is 4.18. The quantitative estimate of drug-likeness (QED) is 0.401.